The number of hydrogen-bond donors (Lipinski definition) is 3. The van der Waals surface area contributed by atoms with Gasteiger partial charge in [-0.15, -0.1) is 0 Å². The third kappa shape index (κ3) is 9.71. The summed E-state index contributed by atoms with van der Waals surface area (Å²) in [5.41, 5.74) is -4.84. The molecule has 15 heteroatoms. The number of ketones is 1. The summed E-state index contributed by atoms with van der Waals surface area (Å²) in [4.78, 5) is 68.2. The first-order valence-corrected chi connectivity index (χ1v) is 20.7. The molecular formula is C46H61NO14. The molecule has 1 saturated heterocycles. The highest BCUT2D eigenvalue weighted by molar-refractivity contribution is 5.89. The van der Waals surface area contributed by atoms with Crippen molar-refractivity contribution in [1.29, 1.82) is 0 Å². The minimum Gasteiger partial charge on any atom is -0.456 e. The third-order valence-corrected chi connectivity index (χ3v) is 12.4. The number of carbonyl (C=O) groups is 5. The number of alkyl carbamates (subject to hydrolysis) is 1. The van der Waals surface area contributed by atoms with Crippen molar-refractivity contribution in [3.05, 3.63) is 82.9 Å². The number of ether oxygens (including phenoxy) is 7. The number of esters is 3. The molecule has 1 heterocycles. The lowest BCUT2D eigenvalue weighted by Gasteiger charge is -2.62. The lowest BCUT2D eigenvalue weighted by atomic mass is 9.53. The van der Waals surface area contributed by atoms with Gasteiger partial charge in [-0.1, -0.05) is 69.3 Å². The number of methoxy groups -OCH3 is 2. The second-order valence-corrected chi connectivity index (χ2v) is 17.7. The average molecular weight is 852 g/mol. The number of aliphatic hydroxyl groups excluding tert-OH is 1. The fourth-order valence-electron chi connectivity index (χ4n) is 9.19. The van der Waals surface area contributed by atoms with Crippen LogP contribution in [0.5, 0.6) is 0 Å². The van der Waals surface area contributed by atoms with Crippen molar-refractivity contribution in [3.63, 3.8) is 0 Å². The first-order chi connectivity index (χ1) is 28.6. The SMILES string of the molecule is CCC(=O)[C@H](OC)C1=C(C)[C@@H](OC(=O)[C@H](O)[C@@H](NC(=O)OC(C)(C)C)c2ccccc2)C[C@@](O)([C@@H](OC(=O)c2ccccc2)[C@H]2C[C@@H](OC)C[C@H]3OC[C@@]23OC(C)=O)C1(C)C. The molecule has 2 aliphatic carbocycles. The maximum atomic E-state index is 14.3. The van der Waals surface area contributed by atoms with E-state index in [9.17, 15) is 34.2 Å². The molecule has 2 fully saturated rings. The Labute approximate surface area is 357 Å². The smallest absolute Gasteiger partial charge is 0.408 e. The molecular weight excluding hydrogens is 790 g/mol. The van der Waals surface area contributed by atoms with Gasteiger partial charge in [0.2, 0.25) is 0 Å². The summed E-state index contributed by atoms with van der Waals surface area (Å²) in [7, 11) is 2.87. The number of hydrogen-bond acceptors (Lipinski definition) is 14. The van der Waals surface area contributed by atoms with Gasteiger partial charge < -0.3 is 48.7 Å². The standard InChI is InChI=1S/C46H61NO14/c1-11-32(49)38(56-10)35-26(2)33(58-41(52)37(50)36(28-18-14-12-15-19-28)47-42(53)61-43(4,5)6)24-46(54,44(35,7)8)39(59-40(51)29-20-16-13-17-21-29)31-22-30(55-9)23-34-45(31,25-57-34)60-27(3)48/h12-21,30-31,33-34,36-39,50,54H,11,22-25H2,1-10H3,(H,47,53)/t30-,31-,33+,34-,36+,37-,38+,39+,45-,46-/m1/s1. The van der Waals surface area contributed by atoms with Gasteiger partial charge in [-0.2, -0.15) is 0 Å². The van der Waals surface area contributed by atoms with Gasteiger partial charge in [-0.3, -0.25) is 9.59 Å². The van der Waals surface area contributed by atoms with Gasteiger partial charge in [0.25, 0.3) is 0 Å². The third-order valence-electron chi connectivity index (χ3n) is 12.4. The van der Waals surface area contributed by atoms with E-state index in [2.05, 4.69) is 5.32 Å². The maximum absolute atomic E-state index is 14.3. The molecule has 2 aromatic rings. The fraction of sp³-hybridized carbons (Fsp3) is 0.587. The van der Waals surface area contributed by atoms with Crippen LogP contribution in [0.1, 0.15) is 103 Å². The van der Waals surface area contributed by atoms with Crippen molar-refractivity contribution < 1.29 is 67.3 Å². The van der Waals surface area contributed by atoms with Gasteiger partial charge >= 0.3 is 24.0 Å². The monoisotopic (exact) mass is 851 g/mol. The van der Waals surface area contributed by atoms with Crippen molar-refractivity contribution in [2.24, 2.45) is 11.3 Å². The Morgan fingerprint density at radius 3 is 2.11 bits per heavy atom. The number of rotatable bonds is 15. The molecule has 0 unspecified atom stereocenters. The lowest BCUT2D eigenvalue weighted by molar-refractivity contribution is -0.322. The van der Waals surface area contributed by atoms with Crippen molar-refractivity contribution in [2.45, 2.75) is 141 Å². The van der Waals surface area contributed by atoms with E-state index >= 15 is 0 Å². The van der Waals surface area contributed by atoms with Crippen molar-refractivity contribution >= 4 is 29.8 Å². The van der Waals surface area contributed by atoms with Crippen LogP contribution in [0, 0.1) is 11.3 Å². The Balaban J connectivity index is 1.67. The first kappa shape index (κ1) is 47.4. The molecule has 334 valence electrons. The Morgan fingerprint density at radius 1 is 0.967 bits per heavy atom. The number of carbonyl (C=O) groups excluding carboxylic acids is 5. The summed E-state index contributed by atoms with van der Waals surface area (Å²) < 4.78 is 41.9. The quantitative estimate of drug-likeness (QED) is 0.118. The van der Waals surface area contributed by atoms with Crippen molar-refractivity contribution in [1.82, 2.24) is 5.32 Å². The molecule has 1 saturated carbocycles. The number of Topliss-reactive ketones (excluding diaryl/α,β-unsaturated/α-hetero) is 1. The Morgan fingerprint density at radius 2 is 1.59 bits per heavy atom. The molecule has 3 N–H and O–H groups in total. The van der Waals surface area contributed by atoms with E-state index in [1.54, 1.807) is 109 Å². The Hall–Kier alpha value is -4.67. The number of benzene rings is 2. The summed E-state index contributed by atoms with van der Waals surface area (Å²) in [6.45, 7) is 12.9. The van der Waals surface area contributed by atoms with E-state index in [-0.39, 0.29) is 36.4 Å². The minimum atomic E-state index is -2.23. The highest BCUT2D eigenvalue weighted by Gasteiger charge is 2.70. The molecule has 0 bridgehead atoms. The molecule has 3 aliphatic rings. The number of aliphatic hydroxyl groups is 2. The van der Waals surface area contributed by atoms with Crippen LogP contribution >= 0.6 is 0 Å². The number of fused-ring (bicyclic) bond motifs is 1. The van der Waals surface area contributed by atoms with Crippen LogP contribution in [0.25, 0.3) is 0 Å². The fourth-order valence-corrected chi connectivity index (χ4v) is 9.19. The van der Waals surface area contributed by atoms with E-state index < -0.39 is 101 Å². The lowest BCUT2D eigenvalue weighted by Crippen LogP contribution is -2.75. The van der Waals surface area contributed by atoms with Gasteiger partial charge in [0, 0.05) is 51.7 Å². The Bertz CT molecular complexity index is 1940. The van der Waals surface area contributed by atoms with Gasteiger partial charge in [0.1, 0.15) is 35.6 Å². The van der Waals surface area contributed by atoms with Crippen LogP contribution in [0.15, 0.2) is 71.8 Å². The highest BCUT2D eigenvalue weighted by Crippen LogP contribution is 2.58. The van der Waals surface area contributed by atoms with Crippen molar-refractivity contribution in [2.75, 3.05) is 20.8 Å². The number of nitrogens with one attached hydrogen (secondary N) is 1. The molecule has 2 aromatic carbocycles. The summed E-state index contributed by atoms with van der Waals surface area (Å²) in [5.74, 6) is -3.90. The molecule has 10 atom stereocenters. The summed E-state index contributed by atoms with van der Waals surface area (Å²) >= 11 is 0. The molecule has 1 aliphatic heterocycles. The van der Waals surface area contributed by atoms with Crippen LogP contribution in [-0.2, 0) is 47.5 Å². The predicted octanol–water partition coefficient (Wildman–Crippen LogP) is 5.35. The molecule has 0 spiro atoms. The zero-order valence-electron chi connectivity index (χ0n) is 36.7. The topological polar surface area (TPSA) is 202 Å². The van der Waals surface area contributed by atoms with E-state index in [0.29, 0.717) is 17.6 Å². The van der Waals surface area contributed by atoms with Gasteiger partial charge in [0.15, 0.2) is 17.5 Å². The molecule has 0 aromatic heterocycles. The molecule has 5 rings (SSSR count). The van der Waals surface area contributed by atoms with E-state index in [1.807, 2.05) is 0 Å². The van der Waals surface area contributed by atoms with Crippen LogP contribution < -0.4 is 5.32 Å². The maximum Gasteiger partial charge on any atom is 0.408 e. The van der Waals surface area contributed by atoms with Crippen LogP contribution in [0.3, 0.4) is 0 Å². The molecule has 61 heavy (non-hydrogen) atoms. The average Bonchev–Trinajstić information content (AvgIpc) is 3.20. The van der Waals surface area contributed by atoms with Gasteiger partial charge in [0.05, 0.1) is 24.3 Å². The zero-order valence-corrected chi connectivity index (χ0v) is 36.7. The van der Waals surface area contributed by atoms with E-state index in [4.69, 9.17) is 33.2 Å². The second kappa shape index (κ2) is 18.7. The normalized spacial score (nSPS) is 27.8. The summed E-state index contributed by atoms with van der Waals surface area (Å²) in [6, 6.07) is 15.1. The van der Waals surface area contributed by atoms with E-state index in [0.717, 1.165) is 0 Å². The summed E-state index contributed by atoms with van der Waals surface area (Å²) in [5, 5.41) is 28.1. The largest absolute Gasteiger partial charge is 0.456 e. The Kier molecular flexibility index (Phi) is 14.6. The highest BCUT2D eigenvalue weighted by atomic mass is 16.6. The number of amides is 1. The molecule has 1 amide bonds. The predicted molar refractivity (Wildman–Crippen MR) is 220 cm³/mol. The summed E-state index contributed by atoms with van der Waals surface area (Å²) in [6.07, 6.45) is -8.11. The minimum absolute atomic E-state index is 0.0429. The molecule has 15 nitrogen and oxygen atoms in total. The van der Waals surface area contributed by atoms with Crippen LogP contribution in [-0.4, -0.2) is 114 Å². The molecule has 0 radical (unpaired) electrons. The van der Waals surface area contributed by atoms with Crippen LogP contribution in [0.4, 0.5) is 4.79 Å². The van der Waals surface area contributed by atoms with Crippen molar-refractivity contribution in [3.8, 4) is 0 Å². The van der Waals surface area contributed by atoms with E-state index in [1.165, 1.54) is 21.1 Å². The second-order valence-electron chi connectivity index (χ2n) is 17.7. The van der Waals surface area contributed by atoms with Gasteiger partial charge in [-0.05, 0) is 63.0 Å². The van der Waals surface area contributed by atoms with Crippen LogP contribution in [0.2, 0.25) is 0 Å². The zero-order chi connectivity index (χ0) is 45.1. The first-order valence-electron chi connectivity index (χ1n) is 20.7. The van der Waals surface area contributed by atoms with Gasteiger partial charge in [-0.25, -0.2) is 14.4 Å².